The maximum Gasteiger partial charge on any atom is 0.226 e. The molecule has 0 radical (unpaired) electrons. The summed E-state index contributed by atoms with van der Waals surface area (Å²) in [6.07, 6.45) is 1.16. The minimum Gasteiger partial charge on any atom is -0.493 e. The number of ether oxygens (including phenoxy) is 3. The van der Waals surface area contributed by atoms with Gasteiger partial charge in [-0.25, -0.2) is 4.68 Å². The highest BCUT2D eigenvalue weighted by Gasteiger charge is 2.42. The van der Waals surface area contributed by atoms with Crippen molar-refractivity contribution in [3.8, 4) is 28.6 Å². The third-order valence-corrected chi connectivity index (χ3v) is 6.65. The molecular weight excluding hydrogens is 468 g/mol. The van der Waals surface area contributed by atoms with Gasteiger partial charge in [-0.15, -0.1) is 5.10 Å². The van der Waals surface area contributed by atoms with Gasteiger partial charge in [-0.1, -0.05) is 37.6 Å². The van der Waals surface area contributed by atoms with Crippen LogP contribution in [-0.4, -0.2) is 41.9 Å². The lowest BCUT2D eigenvalue weighted by Crippen LogP contribution is -2.36. The molecule has 1 aliphatic carbocycles. The standard InChI is InChI=1S/C26H27ClN4O4/c1-26(2)12-17-21(18(32)13-26)22(15-10-19(33-3)23(35-5)20(11-15)34-4)31-25(28-17)29-24(30-31)14-7-6-8-16(27)9-14/h6-11,22H,12-13H2,1-5H3,(H,28,29,30). The molecule has 2 heterocycles. The van der Waals surface area contributed by atoms with Crippen LogP contribution in [0.2, 0.25) is 5.02 Å². The van der Waals surface area contributed by atoms with E-state index in [0.29, 0.717) is 52.5 Å². The van der Waals surface area contributed by atoms with Gasteiger partial charge in [0, 0.05) is 28.3 Å². The maximum absolute atomic E-state index is 13.5. The van der Waals surface area contributed by atoms with Crippen LogP contribution < -0.4 is 19.5 Å². The number of carbonyl (C=O) groups excluding carboxylic acids is 1. The van der Waals surface area contributed by atoms with E-state index in [1.807, 2.05) is 30.3 Å². The summed E-state index contributed by atoms with van der Waals surface area (Å²) >= 11 is 6.22. The Morgan fingerprint density at radius 2 is 1.77 bits per heavy atom. The van der Waals surface area contributed by atoms with Crippen LogP contribution in [0.3, 0.4) is 0 Å². The topological polar surface area (TPSA) is 87.5 Å². The van der Waals surface area contributed by atoms with E-state index in [0.717, 1.165) is 16.8 Å². The monoisotopic (exact) mass is 494 g/mol. The third-order valence-electron chi connectivity index (χ3n) is 6.42. The third kappa shape index (κ3) is 4.01. The lowest BCUT2D eigenvalue weighted by molar-refractivity contribution is -0.118. The number of hydrogen-bond donors (Lipinski definition) is 1. The highest BCUT2D eigenvalue weighted by atomic mass is 35.5. The fraction of sp³-hybridized carbons (Fsp3) is 0.346. The summed E-state index contributed by atoms with van der Waals surface area (Å²) in [7, 11) is 4.70. The summed E-state index contributed by atoms with van der Waals surface area (Å²) < 4.78 is 18.5. The summed E-state index contributed by atoms with van der Waals surface area (Å²) in [5.41, 5.74) is 2.94. The number of benzene rings is 2. The van der Waals surface area contributed by atoms with Gasteiger partial charge in [-0.05, 0) is 41.7 Å². The molecule has 3 aromatic rings. The van der Waals surface area contributed by atoms with Crippen molar-refractivity contribution in [2.45, 2.75) is 32.7 Å². The van der Waals surface area contributed by atoms with Gasteiger partial charge in [0.2, 0.25) is 11.7 Å². The smallest absolute Gasteiger partial charge is 0.226 e. The molecule has 1 aliphatic heterocycles. The molecule has 0 saturated carbocycles. The molecule has 0 saturated heterocycles. The number of fused-ring (bicyclic) bond motifs is 1. The molecule has 1 atom stereocenters. The van der Waals surface area contributed by atoms with E-state index in [9.17, 15) is 4.79 Å². The van der Waals surface area contributed by atoms with Crippen molar-refractivity contribution in [1.29, 1.82) is 0 Å². The van der Waals surface area contributed by atoms with Crippen molar-refractivity contribution in [1.82, 2.24) is 14.8 Å². The second-order valence-electron chi connectivity index (χ2n) is 9.53. The molecule has 5 rings (SSSR count). The number of carbonyl (C=O) groups is 1. The Morgan fingerprint density at radius 3 is 2.40 bits per heavy atom. The van der Waals surface area contributed by atoms with Crippen molar-refractivity contribution in [3.63, 3.8) is 0 Å². The van der Waals surface area contributed by atoms with Crippen LogP contribution >= 0.6 is 11.6 Å². The molecule has 0 fully saturated rings. The first-order valence-corrected chi connectivity index (χ1v) is 11.7. The van der Waals surface area contributed by atoms with Gasteiger partial charge >= 0.3 is 0 Å². The van der Waals surface area contributed by atoms with E-state index >= 15 is 0 Å². The molecule has 0 bridgehead atoms. The van der Waals surface area contributed by atoms with Crippen molar-refractivity contribution in [3.05, 3.63) is 58.3 Å². The average molecular weight is 495 g/mol. The largest absolute Gasteiger partial charge is 0.493 e. The molecule has 0 amide bonds. The van der Waals surface area contributed by atoms with Gasteiger partial charge in [0.25, 0.3) is 0 Å². The highest BCUT2D eigenvalue weighted by Crippen LogP contribution is 2.48. The minimum atomic E-state index is -0.515. The Labute approximate surface area is 208 Å². The first kappa shape index (κ1) is 23.2. The first-order chi connectivity index (χ1) is 16.7. The number of Topliss-reactive ketones (excluding diaryl/α,β-unsaturated/α-hetero) is 1. The molecule has 1 unspecified atom stereocenters. The number of aromatic nitrogens is 3. The Bertz CT molecular complexity index is 1340. The molecule has 8 nitrogen and oxygen atoms in total. The zero-order valence-electron chi connectivity index (χ0n) is 20.3. The molecular formula is C26H27ClN4O4. The van der Waals surface area contributed by atoms with Crippen LogP contribution in [0.15, 0.2) is 47.7 Å². The maximum atomic E-state index is 13.5. The van der Waals surface area contributed by atoms with Crippen LogP contribution in [0.25, 0.3) is 11.4 Å². The number of methoxy groups -OCH3 is 3. The molecule has 9 heteroatoms. The zero-order valence-corrected chi connectivity index (χ0v) is 21.1. The SMILES string of the molecule is COc1cc(C2C3=C(CC(C)(C)CC3=O)Nc3nc(-c4cccc(Cl)c4)nn32)cc(OC)c1OC. The van der Waals surface area contributed by atoms with Gasteiger partial charge in [0.1, 0.15) is 6.04 Å². The van der Waals surface area contributed by atoms with Crippen molar-refractivity contribution < 1.29 is 19.0 Å². The van der Waals surface area contributed by atoms with E-state index in [4.69, 9.17) is 35.9 Å². The Balaban J connectivity index is 1.73. The number of rotatable bonds is 5. The van der Waals surface area contributed by atoms with Gasteiger partial charge < -0.3 is 19.5 Å². The van der Waals surface area contributed by atoms with Gasteiger partial charge in [-0.2, -0.15) is 4.98 Å². The minimum absolute atomic E-state index is 0.0768. The van der Waals surface area contributed by atoms with Gasteiger partial charge in [-0.3, -0.25) is 4.79 Å². The number of allylic oxidation sites excluding steroid dienone is 2. The number of nitrogens with zero attached hydrogens (tertiary/aromatic N) is 3. The summed E-state index contributed by atoms with van der Waals surface area (Å²) in [4.78, 5) is 18.3. The summed E-state index contributed by atoms with van der Waals surface area (Å²) in [5, 5.41) is 8.81. The van der Waals surface area contributed by atoms with E-state index < -0.39 is 6.04 Å². The Kier molecular flexibility index (Phi) is 5.71. The molecule has 2 aromatic carbocycles. The number of anilines is 1. The molecule has 0 spiro atoms. The summed E-state index contributed by atoms with van der Waals surface area (Å²) in [5.74, 6) is 2.64. The predicted molar refractivity (Wildman–Crippen MR) is 133 cm³/mol. The lowest BCUT2D eigenvalue weighted by atomic mass is 9.73. The second-order valence-corrected chi connectivity index (χ2v) is 9.97. The quantitative estimate of drug-likeness (QED) is 0.516. The second kappa shape index (κ2) is 8.61. The van der Waals surface area contributed by atoms with Gasteiger partial charge in [0.05, 0.1) is 21.3 Å². The van der Waals surface area contributed by atoms with E-state index in [2.05, 4.69) is 19.2 Å². The number of ketones is 1. The first-order valence-electron chi connectivity index (χ1n) is 11.3. The predicted octanol–water partition coefficient (Wildman–Crippen LogP) is 5.28. The lowest BCUT2D eigenvalue weighted by Gasteiger charge is -2.38. The average Bonchev–Trinajstić information content (AvgIpc) is 3.24. The number of nitrogens with one attached hydrogen (secondary N) is 1. The summed E-state index contributed by atoms with van der Waals surface area (Å²) in [6, 6.07) is 10.6. The van der Waals surface area contributed by atoms with Crippen LogP contribution in [0.1, 0.15) is 38.3 Å². The van der Waals surface area contributed by atoms with E-state index in [1.165, 1.54) is 0 Å². The van der Waals surface area contributed by atoms with Crippen LogP contribution in [0.5, 0.6) is 17.2 Å². The number of halogens is 1. The van der Waals surface area contributed by atoms with Crippen molar-refractivity contribution in [2.75, 3.05) is 26.6 Å². The number of hydrogen-bond acceptors (Lipinski definition) is 7. The normalized spacial score (nSPS) is 18.5. The molecule has 35 heavy (non-hydrogen) atoms. The van der Waals surface area contributed by atoms with E-state index in [1.54, 1.807) is 32.1 Å². The van der Waals surface area contributed by atoms with Crippen molar-refractivity contribution >= 4 is 23.3 Å². The molecule has 2 aliphatic rings. The molecule has 1 N–H and O–H groups in total. The van der Waals surface area contributed by atoms with E-state index in [-0.39, 0.29) is 11.2 Å². The Hall–Kier alpha value is -3.52. The van der Waals surface area contributed by atoms with Crippen molar-refractivity contribution in [2.24, 2.45) is 5.41 Å². The summed E-state index contributed by atoms with van der Waals surface area (Å²) in [6.45, 7) is 4.20. The highest BCUT2D eigenvalue weighted by molar-refractivity contribution is 6.30. The van der Waals surface area contributed by atoms with Crippen LogP contribution in [-0.2, 0) is 4.79 Å². The van der Waals surface area contributed by atoms with Gasteiger partial charge in [0.15, 0.2) is 23.1 Å². The fourth-order valence-electron chi connectivity index (χ4n) is 4.93. The Morgan fingerprint density at radius 1 is 1.06 bits per heavy atom. The molecule has 1 aromatic heterocycles. The van der Waals surface area contributed by atoms with Crippen LogP contribution in [0, 0.1) is 5.41 Å². The fourth-order valence-corrected chi connectivity index (χ4v) is 5.12. The molecule has 182 valence electrons. The zero-order chi connectivity index (χ0) is 24.9. The van der Waals surface area contributed by atoms with Crippen LogP contribution in [0.4, 0.5) is 5.95 Å².